The van der Waals surface area contributed by atoms with Gasteiger partial charge in [0.05, 0.1) is 18.5 Å². The second-order valence-electron chi connectivity index (χ2n) is 5.29. The predicted molar refractivity (Wildman–Crippen MR) is 95.7 cm³/mol. The first-order valence-corrected chi connectivity index (χ1v) is 8.36. The van der Waals surface area contributed by atoms with E-state index in [1.54, 1.807) is 11.1 Å². The number of carbonyl (C=O) groups excluding carboxylic acids is 1. The van der Waals surface area contributed by atoms with Crippen LogP contribution in [0.4, 0.5) is 0 Å². The van der Waals surface area contributed by atoms with E-state index in [4.69, 9.17) is 0 Å². The van der Waals surface area contributed by atoms with Crippen molar-refractivity contribution in [2.45, 2.75) is 13.5 Å². The third kappa shape index (κ3) is 4.07. The van der Waals surface area contributed by atoms with Crippen LogP contribution in [0.2, 0.25) is 0 Å². The topological polar surface area (TPSA) is 45.0 Å². The molecular formula is C18H17N3OS. The molecule has 1 amide bonds. The maximum Gasteiger partial charge on any atom is 0.239 e. The van der Waals surface area contributed by atoms with Crippen molar-refractivity contribution in [2.24, 2.45) is 10.2 Å². The van der Waals surface area contributed by atoms with Gasteiger partial charge in [0, 0.05) is 0 Å². The van der Waals surface area contributed by atoms with Gasteiger partial charge in [0.25, 0.3) is 0 Å². The van der Waals surface area contributed by atoms with E-state index < -0.39 is 0 Å². The van der Waals surface area contributed by atoms with Crippen LogP contribution in [0, 0.1) is 6.92 Å². The molecule has 0 radical (unpaired) electrons. The number of thioether (sulfide) groups is 1. The van der Waals surface area contributed by atoms with Crippen LogP contribution in [0.25, 0.3) is 0 Å². The Labute approximate surface area is 139 Å². The molecule has 23 heavy (non-hydrogen) atoms. The molecule has 0 saturated carbocycles. The van der Waals surface area contributed by atoms with E-state index in [9.17, 15) is 4.79 Å². The van der Waals surface area contributed by atoms with Crippen LogP contribution in [-0.4, -0.2) is 27.9 Å². The van der Waals surface area contributed by atoms with E-state index in [2.05, 4.69) is 10.2 Å². The Kier molecular flexibility index (Phi) is 4.88. The van der Waals surface area contributed by atoms with Gasteiger partial charge in [-0.05, 0) is 18.1 Å². The molecule has 0 spiro atoms. The smallest absolute Gasteiger partial charge is 0.239 e. The van der Waals surface area contributed by atoms with Crippen LogP contribution in [0.1, 0.15) is 16.7 Å². The van der Waals surface area contributed by atoms with E-state index in [1.807, 2.05) is 61.5 Å². The first kappa shape index (κ1) is 15.5. The van der Waals surface area contributed by atoms with E-state index in [0.29, 0.717) is 17.5 Å². The highest BCUT2D eigenvalue weighted by Gasteiger charge is 2.28. The first-order valence-electron chi connectivity index (χ1n) is 7.37. The normalized spacial score (nSPS) is 16.7. The molecule has 1 aliphatic heterocycles. The van der Waals surface area contributed by atoms with Crippen molar-refractivity contribution >= 4 is 29.1 Å². The maximum atomic E-state index is 12.0. The van der Waals surface area contributed by atoms with Crippen LogP contribution in [0.5, 0.6) is 0 Å². The molecule has 116 valence electrons. The Bertz CT molecular complexity index is 739. The molecule has 0 aliphatic carbocycles. The quantitative estimate of drug-likeness (QED) is 0.639. The molecule has 0 bridgehead atoms. The molecule has 0 N–H and O–H groups in total. The van der Waals surface area contributed by atoms with Crippen molar-refractivity contribution < 1.29 is 4.79 Å². The lowest BCUT2D eigenvalue weighted by molar-refractivity contribution is -0.124. The summed E-state index contributed by atoms with van der Waals surface area (Å²) in [4.78, 5) is 13.7. The standard InChI is InChI=1S/C18H17N3OS/c1-14-7-9-15(10-8-14)11-19-20-18-21(17(22)13-23-18)12-16-5-3-2-4-6-16/h2-11H,12-13H2,1H3/b19-11-,20-18-. The van der Waals surface area contributed by atoms with Gasteiger partial charge in [-0.3, -0.25) is 9.69 Å². The number of carbonyl (C=O) groups is 1. The summed E-state index contributed by atoms with van der Waals surface area (Å²) in [5.74, 6) is 0.495. The van der Waals surface area contributed by atoms with Gasteiger partial charge in [0.1, 0.15) is 0 Å². The Balaban J connectivity index is 1.72. The average Bonchev–Trinajstić information content (AvgIpc) is 2.91. The van der Waals surface area contributed by atoms with Crippen molar-refractivity contribution in [1.29, 1.82) is 0 Å². The highest BCUT2D eigenvalue weighted by molar-refractivity contribution is 8.15. The third-order valence-corrected chi connectivity index (χ3v) is 4.42. The highest BCUT2D eigenvalue weighted by atomic mass is 32.2. The number of amides is 1. The van der Waals surface area contributed by atoms with Crippen molar-refractivity contribution in [3.05, 3.63) is 71.3 Å². The first-order chi connectivity index (χ1) is 11.2. The van der Waals surface area contributed by atoms with Gasteiger partial charge in [-0.15, -0.1) is 5.10 Å². The monoisotopic (exact) mass is 323 g/mol. The molecule has 1 aliphatic rings. The molecule has 5 heteroatoms. The third-order valence-electron chi connectivity index (χ3n) is 3.47. The molecule has 1 fully saturated rings. The zero-order chi connectivity index (χ0) is 16.1. The summed E-state index contributed by atoms with van der Waals surface area (Å²) in [6.45, 7) is 2.58. The van der Waals surface area contributed by atoms with Gasteiger partial charge in [0.2, 0.25) is 5.91 Å². The van der Waals surface area contributed by atoms with Crippen LogP contribution < -0.4 is 0 Å². The number of hydrogen-bond donors (Lipinski definition) is 0. The summed E-state index contributed by atoms with van der Waals surface area (Å²) >= 11 is 1.43. The maximum absolute atomic E-state index is 12.0. The fourth-order valence-corrected chi connectivity index (χ4v) is 3.03. The second kappa shape index (κ2) is 7.24. The van der Waals surface area contributed by atoms with Crippen molar-refractivity contribution in [3.8, 4) is 0 Å². The molecule has 0 aromatic heterocycles. The number of hydrogen-bond acceptors (Lipinski definition) is 4. The number of amidine groups is 1. The Morgan fingerprint density at radius 1 is 1.13 bits per heavy atom. The Hall–Kier alpha value is -2.40. The van der Waals surface area contributed by atoms with Crippen molar-refractivity contribution in [3.63, 3.8) is 0 Å². The van der Waals surface area contributed by atoms with Crippen molar-refractivity contribution in [2.75, 3.05) is 5.75 Å². The molecular weight excluding hydrogens is 306 g/mol. The molecule has 1 saturated heterocycles. The summed E-state index contributed by atoms with van der Waals surface area (Å²) in [5.41, 5.74) is 3.28. The Morgan fingerprint density at radius 2 is 1.87 bits per heavy atom. The van der Waals surface area contributed by atoms with Gasteiger partial charge >= 0.3 is 0 Å². The fourth-order valence-electron chi connectivity index (χ4n) is 2.19. The lowest BCUT2D eigenvalue weighted by Gasteiger charge is -2.14. The molecule has 2 aromatic carbocycles. The zero-order valence-corrected chi connectivity index (χ0v) is 13.7. The predicted octanol–water partition coefficient (Wildman–Crippen LogP) is 3.46. The lowest BCUT2D eigenvalue weighted by Crippen LogP contribution is -2.28. The van der Waals surface area contributed by atoms with Gasteiger partial charge in [-0.1, -0.05) is 71.9 Å². The van der Waals surface area contributed by atoms with Gasteiger partial charge in [-0.25, -0.2) is 0 Å². The van der Waals surface area contributed by atoms with E-state index in [0.717, 1.165) is 11.1 Å². The van der Waals surface area contributed by atoms with E-state index >= 15 is 0 Å². The summed E-state index contributed by atoms with van der Waals surface area (Å²) in [7, 11) is 0. The molecule has 2 aromatic rings. The number of rotatable bonds is 4. The van der Waals surface area contributed by atoms with Crippen LogP contribution in [0.3, 0.4) is 0 Å². The number of benzene rings is 2. The summed E-state index contributed by atoms with van der Waals surface area (Å²) in [5, 5.41) is 9.01. The lowest BCUT2D eigenvalue weighted by atomic mass is 10.2. The van der Waals surface area contributed by atoms with Gasteiger partial charge in [-0.2, -0.15) is 5.10 Å². The zero-order valence-electron chi connectivity index (χ0n) is 12.8. The van der Waals surface area contributed by atoms with Gasteiger partial charge in [0.15, 0.2) is 5.17 Å². The van der Waals surface area contributed by atoms with Crippen LogP contribution >= 0.6 is 11.8 Å². The minimum absolute atomic E-state index is 0.0724. The largest absolute Gasteiger partial charge is 0.285 e. The molecule has 0 unspecified atom stereocenters. The SMILES string of the molecule is Cc1ccc(/C=N\N=C2/SCC(=O)N2Cc2ccccc2)cc1. The van der Waals surface area contributed by atoms with Crippen molar-refractivity contribution in [1.82, 2.24) is 4.90 Å². The molecule has 1 heterocycles. The van der Waals surface area contributed by atoms with E-state index in [-0.39, 0.29) is 5.91 Å². The van der Waals surface area contributed by atoms with E-state index in [1.165, 1.54) is 17.3 Å². The molecule has 4 nitrogen and oxygen atoms in total. The van der Waals surface area contributed by atoms with Crippen LogP contribution in [0.15, 0.2) is 64.8 Å². The summed E-state index contributed by atoms with van der Waals surface area (Å²) < 4.78 is 0. The highest BCUT2D eigenvalue weighted by Crippen LogP contribution is 2.21. The second-order valence-corrected chi connectivity index (χ2v) is 6.23. The Morgan fingerprint density at radius 3 is 2.61 bits per heavy atom. The van der Waals surface area contributed by atoms with Crippen LogP contribution in [-0.2, 0) is 11.3 Å². The van der Waals surface area contributed by atoms with Gasteiger partial charge < -0.3 is 0 Å². The molecule has 3 rings (SSSR count). The number of nitrogens with zero attached hydrogens (tertiary/aromatic N) is 3. The summed E-state index contributed by atoms with van der Waals surface area (Å²) in [6.07, 6.45) is 1.70. The minimum atomic E-state index is 0.0724. The summed E-state index contributed by atoms with van der Waals surface area (Å²) in [6, 6.07) is 18.0. The molecule has 0 atom stereocenters. The fraction of sp³-hybridized carbons (Fsp3) is 0.167. The number of aryl methyl sites for hydroxylation is 1. The average molecular weight is 323 g/mol. The minimum Gasteiger partial charge on any atom is -0.285 e.